The van der Waals surface area contributed by atoms with Crippen molar-refractivity contribution in [3.8, 4) is 11.3 Å². The van der Waals surface area contributed by atoms with Gasteiger partial charge in [0.25, 0.3) is 0 Å². The maximum atomic E-state index is 13.0. The Morgan fingerprint density at radius 1 is 0.946 bits per heavy atom. The van der Waals surface area contributed by atoms with E-state index in [1.165, 1.54) is 5.56 Å². The maximum Gasteiger partial charge on any atom is 0.231 e. The molecular weight excluding hydrogens is 460 g/mol. The lowest BCUT2D eigenvalue weighted by atomic mass is 9.95. The number of nitrogens with zero attached hydrogens (tertiary/aromatic N) is 1. The fourth-order valence-electron chi connectivity index (χ4n) is 4.98. The summed E-state index contributed by atoms with van der Waals surface area (Å²) < 4.78 is 6.20. The molecular formula is C32H32N2O3. The van der Waals surface area contributed by atoms with Gasteiger partial charge in [-0.05, 0) is 42.2 Å². The first kappa shape index (κ1) is 24.6. The molecule has 0 saturated heterocycles. The molecule has 5 nitrogen and oxygen atoms in total. The van der Waals surface area contributed by atoms with Crippen molar-refractivity contribution in [3.63, 3.8) is 0 Å². The highest BCUT2D eigenvalue weighted by molar-refractivity contribution is 5.96. The monoisotopic (exact) mass is 492 g/mol. The molecule has 0 fully saturated rings. The minimum atomic E-state index is -0.203. The lowest BCUT2D eigenvalue weighted by Gasteiger charge is -2.26. The van der Waals surface area contributed by atoms with Gasteiger partial charge in [0, 0.05) is 42.7 Å². The van der Waals surface area contributed by atoms with Gasteiger partial charge in [-0.25, -0.2) is 0 Å². The highest BCUT2D eigenvalue weighted by Gasteiger charge is 2.24. The Hall–Kier alpha value is -4.12. The number of aryl methyl sites for hydroxylation is 1. The zero-order chi connectivity index (χ0) is 25.6. The number of nitrogens with one attached hydrogen (secondary N) is 1. The molecule has 0 unspecified atom stereocenters. The van der Waals surface area contributed by atoms with Crippen LogP contribution < -0.4 is 5.32 Å². The van der Waals surface area contributed by atoms with E-state index < -0.39 is 0 Å². The summed E-state index contributed by atoms with van der Waals surface area (Å²) in [4.78, 5) is 27.8. The van der Waals surface area contributed by atoms with E-state index in [-0.39, 0.29) is 17.7 Å². The van der Waals surface area contributed by atoms with Crippen molar-refractivity contribution < 1.29 is 14.0 Å². The number of carbonyl (C=O) groups is 2. The molecule has 2 amide bonds. The fourth-order valence-corrected chi connectivity index (χ4v) is 4.98. The van der Waals surface area contributed by atoms with E-state index >= 15 is 0 Å². The Balaban J connectivity index is 1.24. The molecule has 1 aliphatic rings. The molecule has 1 aliphatic heterocycles. The molecule has 37 heavy (non-hydrogen) atoms. The smallest absolute Gasteiger partial charge is 0.231 e. The molecule has 1 aromatic heterocycles. The number of furan rings is 1. The van der Waals surface area contributed by atoms with Crippen LogP contribution in [0.5, 0.6) is 0 Å². The molecule has 0 bridgehead atoms. The Morgan fingerprint density at radius 3 is 2.46 bits per heavy atom. The summed E-state index contributed by atoms with van der Waals surface area (Å²) in [5.74, 6) is 1.65. The molecule has 0 saturated carbocycles. The number of amides is 2. The van der Waals surface area contributed by atoms with E-state index in [4.69, 9.17) is 4.42 Å². The minimum absolute atomic E-state index is 0.0192. The maximum absolute atomic E-state index is 13.0. The topological polar surface area (TPSA) is 62.6 Å². The van der Waals surface area contributed by atoms with Gasteiger partial charge in [0.1, 0.15) is 11.5 Å². The van der Waals surface area contributed by atoms with Crippen LogP contribution in [0.15, 0.2) is 95.4 Å². The summed E-state index contributed by atoms with van der Waals surface area (Å²) in [7, 11) is 0. The van der Waals surface area contributed by atoms with Crippen LogP contribution in [0.2, 0.25) is 0 Å². The summed E-state index contributed by atoms with van der Waals surface area (Å²) in [5, 5.41) is 3.08. The van der Waals surface area contributed by atoms with Gasteiger partial charge in [0.05, 0.1) is 5.92 Å². The molecule has 5 rings (SSSR count). The predicted molar refractivity (Wildman–Crippen MR) is 146 cm³/mol. The zero-order valence-corrected chi connectivity index (χ0v) is 21.2. The molecule has 2 heterocycles. The molecule has 1 atom stereocenters. The van der Waals surface area contributed by atoms with Gasteiger partial charge in [0.2, 0.25) is 11.8 Å². The van der Waals surface area contributed by atoms with E-state index in [1.54, 1.807) is 0 Å². The normalized spacial score (nSPS) is 13.6. The zero-order valence-electron chi connectivity index (χ0n) is 21.2. The van der Waals surface area contributed by atoms with Gasteiger partial charge in [0.15, 0.2) is 0 Å². The standard InChI is InChI=1S/C32H32N2O3/c1-2-28(24-12-7-4-8-13-24)32(36)33-27-15-9-14-25(20-27)30-21-26-22-34(19-18-29(26)37-30)31(35)17-16-23-10-5-3-6-11-23/h3-15,20-21,28H,2,16-19,22H2,1H3,(H,33,36)/t28-/m0/s1. The first-order valence-electron chi connectivity index (χ1n) is 13.0. The van der Waals surface area contributed by atoms with Crippen molar-refractivity contribution in [1.29, 1.82) is 0 Å². The van der Waals surface area contributed by atoms with Crippen molar-refractivity contribution in [3.05, 3.63) is 113 Å². The second-order valence-corrected chi connectivity index (χ2v) is 9.55. The highest BCUT2D eigenvalue weighted by atomic mass is 16.3. The van der Waals surface area contributed by atoms with Crippen LogP contribution in [0.25, 0.3) is 11.3 Å². The first-order valence-corrected chi connectivity index (χ1v) is 13.0. The second-order valence-electron chi connectivity index (χ2n) is 9.55. The number of fused-ring (bicyclic) bond motifs is 1. The minimum Gasteiger partial charge on any atom is -0.461 e. The van der Waals surface area contributed by atoms with E-state index in [2.05, 4.69) is 17.4 Å². The van der Waals surface area contributed by atoms with Gasteiger partial charge in [-0.3, -0.25) is 9.59 Å². The van der Waals surface area contributed by atoms with Gasteiger partial charge >= 0.3 is 0 Å². The summed E-state index contributed by atoms with van der Waals surface area (Å²) >= 11 is 0. The van der Waals surface area contributed by atoms with Crippen LogP contribution in [-0.2, 0) is 29.0 Å². The number of anilines is 1. The molecule has 0 aliphatic carbocycles. The third kappa shape index (κ3) is 5.83. The van der Waals surface area contributed by atoms with Crippen molar-refractivity contribution in [2.24, 2.45) is 0 Å². The van der Waals surface area contributed by atoms with Crippen LogP contribution >= 0.6 is 0 Å². The quantitative estimate of drug-likeness (QED) is 0.302. The summed E-state index contributed by atoms with van der Waals surface area (Å²) in [5.41, 5.74) is 4.89. The lowest BCUT2D eigenvalue weighted by Crippen LogP contribution is -2.35. The number of rotatable bonds is 8. The SMILES string of the molecule is CC[C@H](C(=O)Nc1cccc(-c2cc3c(o2)CCN(C(=O)CCc2ccccc2)C3)c1)c1ccccc1. The van der Waals surface area contributed by atoms with E-state index in [1.807, 2.05) is 90.7 Å². The number of hydrogen-bond acceptors (Lipinski definition) is 3. The average molecular weight is 493 g/mol. The molecule has 188 valence electrons. The molecule has 1 N–H and O–H groups in total. The van der Waals surface area contributed by atoms with Crippen LogP contribution in [-0.4, -0.2) is 23.3 Å². The molecule has 4 aromatic rings. The third-order valence-corrected chi connectivity index (χ3v) is 7.03. The second kappa shape index (κ2) is 11.3. The van der Waals surface area contributed by atoms with Crippen LogP contribution in [0.3, 0.4) is 0 Å². The van der Waals surface area contributed by atoms with E-state index in [9.17, 15) is 9.59 Å². The van der Waals surface area contributed by atoms with Crippen molar-refractivity contribution in [2.75, 3.05) is 11.9 Å². The molecule has 0 radical (unpaired) electrons. The Morgan fingerprint density at radius 2 is 1.70 bits per heavy atom. The van der Waals surface area contributed by atoms with Crippen molar-refractivity contribution >= 4 is 17.5 Å². The van der Waals surface area contributed by atoms with Gasteiger partial charge in [-0.2, -0.15) is 0 Å². The fraction of sp³-hybridized carbons (Fsp3) is 0.250. The largest absolute Gasteiger partial charge is 0.461 e. The average Bonchev–Trinajstić information content (AvgIpc) is 3.37. The summed E-state index contributed by atoms with van der Waals surface area (Å²) in [6.07, 6.45) is 2.69. The van der Waals surface area contributed by atoms with Gasteiger partial charge in [-0.15, -0.1) is 0 Å². The molecule has 5 heteroatoms. The Bertz CT molecular complexity index is 1360. The summed E-state index contributed by atoms with van der Waals surface area (Å²) in [6.45, 7) is 3.26. The lowest BCUT2D eigenvalue weighted by molar-refractivity contribution is -0.132. The Kier molecular flexibility index (Phi) is 7.50. The van der Waals surface area contributed by atoms with Gasteiger partial charge < -0.3 is 14.6 Å². The van der Waals surface area contributed by atoms with E-state index in [0.717, 1.165) is 46.7 Å². The van der Waals surface area contributed by atoms with E-state index in [0.29, 0.717) is 25.9 Å². The Labute approximate surface area is 218 Å². The van der Waals surface area contributed by atoms with Crippen LogP contribution in [0.4, 0.5) is 5.69 Å². The first-order chi connectivity index (χ1) is 18.1. The van der Waals surface area contributed by atoms with Crippen molar-refractivity contribution in [1.82, 2.24) is 4.90 Å². The number of hydrogen-bond donors (Lipinski definition) is 1. The third-order valence-electron chi connectivity index (χ3n) is 7.03. The van der Waals surface area contributed by atoms with Gasteiger partial charge in [-0.1, -0.05) is 79.7 Å². The van der Waals surface area contributed by atoms with Crippen LogP contribution in [0, 0.1) is 0 Å². The summed E-state index contributed by atoms with van der Waals surface area (Å²) in [6, 6.07) is 29.8. The number of benzene rings is 3. The predicted octanol–water partition coefficient (Wildman–Crippen LogP) is 6.60. The number of carbonyl (C=O) groups excluding carboxylic acids is 2. The molecule has 3 aromatic carbocycles. The highest BCUT2D eigenvalue weighted by Crippen LogP contribution is 2.31. The molecule has 0 spiro atoms. The van der Waals surface area contributed by atoms with Crippen LogP contribution in [0.1, 0.15) is 48.1 Å². The van der Waals surface area contributed by atoms with Crippen molar-refractivity contribution in [2.45, 2.75) is 45.1 Å².